The van der Waals surface area contributed by atoms with Gasteiger partial charge in [-0.15, -0.1) is 11.8 Å². The van der Waals surface area contributed by atoms with Gasteiger partial charge in [-0.1, -0.05) is 37.3 Å². The van der Waals surface area contributed by atoms with E-state index in [0.29, 0.717) is 19.5 Å². The minimum Gasteiger partial charge on any atom is -0.314 e. The molecule has 2 aliphatic rings. The third-order valence-electron chi connectivity index (χ3n) is 5.30. The van der Waals surface area contributed by atoms with Crippen LogP contribution < -0.4 is 4.90 Å². The van der Waals surface area contributed by atoms with Gasteiger partial charge in [0.25, 0.3) is 5.91 Å². The fourth-order valence-electron chi connectivity index (χ4n) is 4.13. The van der Waals surface area contributed by atoms with E-state index in [0.717, 1.165) is 16.8 Å². The molecule has 0 saturated carbocycles. The third kappa shape index (κ3) is 2.82. The fraction of sp³-hybridized carbons (Fsp3) is 0.364. The molecule has 0 aliphatic carbocycles. The number of hydrogen-bond donors (Lipinski definition) is 0. The number of para-hydroxylation sites is 1. The Morgan fingerprint density at radius 2 is 1.82 bits per heavy atom. The van der Waals surface area contributed by atoms with Gasteiger partial charge in [0.1, 0.15) is 5.82 Å². The first kappa shape index (κ1) is 19.0. The highest BCUT2D eigenvalue weighted by atomic mass is 32.2. The van der Waals surface area contributed by atoms with Gasteiger partial charge in [-0.05, 0) is 37.6 Å². The van der Waals surface area contributed by atoms with Crippen LogP contribution in [0.15, 0.2) is 48.5 Å². The third-order valence-corrected chi connectivity index (χ3v) is 6.89. The standard InChI is InChI=1S/C22H23FN2O2S/c1-4-19(26)25-14-21(2,3)28-22(25)17-7-5-6-8-18(17)24(20(22)27)13-15-9-11-16(23)12-10-15/h5-12H,4,13-14H2,1-3H3. The molecule has 2 heterocycles. The number of carbonyl (C=O) groups excluding carboxylic acids is 2. The van der Waals surface area contributed by atoms with Crippen molar-refractivity contribution in [2.24, 2.45) is 0 Å². The second-order valence-electron chi connectivity index (χ2n) is 7.87. The van der Waals surface area contributed by atoms with E-state index in [1.165, 1.54) is 12.1 Å². The van der Waals surface area contributed by atoms with Gasteiger partial charge in [-0.3, -0.25) is 9.59 Å². The van der Waals surface area contributed by atoms with E-state index in [1.807, 2.05) is 31.2 Å². The van der Waals surface area contributed by atoms with Gasteiger partial charge < -0.3 is 9.80 Å². The summed E-state index contributed by atoms with van der Waals surface area (Å²) < 4.78 is 13.1. The molecular weight excluding hydrogens is 375 g/mol. The molecule has 2 aromatic rings. The molecule has 28 heavy (non-hydrogen) atoms. The molecule has 0 radical (unpaired) electrons. The van der Waals surface area contributed by atoms with Crippen molar-refractivity contribution in [1.82, 2.24) is 4.90 Å². The minimum absolute atomic E-state index is 0.0233. The van der Waals surface area contributed by atoms with Crippen molar-refractivity contribution in [2.45, 2.75) is 43.4 Å². The largest absolute Gasteiger partial charge is 0.314 e. The van der Waals surface area contributed by atoms with E-state index in [2.05, 4.69) is 13.8 Å². The number of thioether (sulfide) groups is 1. The van der Waals surface area contributed by atoms with Gasteiger partial charge in [0, 0.05) is 23.3 Å². The van der Waals surface area contributed by atoms with Gasteiger partial charge in [0.15, 0.2) is 4.87 Å². The Bertz CT molecular complexity index is 944. The first-order valence-corrected chi connectivity index (χ1v) is 10.3. The van der Waals surface area contributed by atoms with Crippen LogP contribution >= 0.6 is 11.8 Å². The van der Waals surface area contributed by atoms with Crippen molar-refractivity contribution in [3.8, 4) is 0 Å². The Kier molecular flexibility index (Phi) is 4.49. The van der Waals surface area contributed by atoms with Crippen molar-refractivity contribution < 1.29 is 14.0 Å². The predicted octanol–water partition coefficient (Wildman–Crippen LogP) is 4.29. The Balaban J connectivity index is 1.82. The molecule has 0 N–H and O–H groups in total. The fourth-order valence-corrected chi connectivity index (χ4v) is 5.88. The van der Waals surface area contributed by atoms with Crippen LogP contribution in [0.4, 0.5) is 10.1 Å². The molecule has 1 spiro atoms. The van der Waals surface area contributed by atoms with Crippen LogP contribution in [-0.2, 0) is 21.0 Å². The van der Waals surface area contributed by atoms with Gasteiger partial charge >= 0.3 is 0 Å². The molecule has 2 aromatic carbocycles. The number of amides is 2. The van der Waals surface area contributed by atoms with Gasteiger partial charge in [-0.2, -0.15) is 0 Å². The van der Waals surface area contributed by atoms with E-state index in [-0.39, 0.29) is 22.4 Å². The van der Waals surface area contributed by atoms with Crippen LogP contribution in [0.5, 0.6) is 0 Å². The number of hydrogen-bond acceptors (Lipinski definition) is 3. The zero-order valence-corrected chi connectivity index (χ0v) is 17.1. The number of nitrogens with zero attached hydrogens (tertiary/aromatic N) is 2. The number of fused-ring (bicyclic) bond motifs is 2. The molecule has 1 fully saturated rings. The lowest BCUT2D eigenvalue weighted by atomic mass is 10.0. The topological polar surface area (TPSA) is 40.6 Å². The first-order chi connectivity index (χ1) is 13.3. The van der Waals surface area contributed by atoms with E-state index in [9.17, 15) is 14.0 Å². The molecule has 2 aliphatic heterocycles. The second kappa shape index (κ2) is 6.62. The van der Waals surface area contributed by atoms with Crippen molar-refractivity contribution in [1.29, 1.82) is 0 Å². The average Bonchev–Trinajstić information content (AvgIpc) is 3.09. The molecular formula is C22H23FN2O2S. The number of rotatable bonds is 3. The van der Waals surface area contributed by atoms with Crippen LogP contribution in [0.1, 0.15) is 38.3 Å². The van der Waals surface area contributed by atoms with E-state index in [4.69, 9.17) is 0 Å². The summed E-state index contributed by atoms with van der Waals surface area (Å²) >= 11 is 1.55. The monoisotopic (exact) mass is 398 g/mol. The van der Waals surface area contributed by atoms with Crippen LogP contribution in [0.2, 0.25) is 0 Å². The predicted molar refractivity (Wildman–Crippen MR) is 109 cm³/mol. The van der Waals surface area contributed by atoms with E-state index < -0.39 is 4.87 Å². The van der Waals surface area contributed by atoms with E-state index >= 15 is 0 Å². The molecule has 2 amide bonds. The maximum Gasteiger partial charge on any atom is 0.268 e. The number of carbonyl (C=O) groups is 2. The van der Waals surface area contributed by atoms with E-state index in [1.54, 1.807) is 33.7 Å². The second-order valence-corrected chi connectivity index (χ2v) is 9.77. The zero-order valence-electron chi connectivity index (χ0n) is 16.2. The number of halogens is 1. The summed E-state index contributed by atoms with van der Waals surface area (Å²) in [7, 11) is 0. The molecule has 4 nitrogen and oxygen atoms in total. The first-order valence-electron chi connectivity index (χ1n) is 9.45. The summed E-state index contributed by atoms with van der Waals surface area (Å²) in [6, 6.07) is 13.9. The summed E-state index contributed by atoms with van der Waals surface area (Å²) in [6.45, 7) is 6.83. The molecule has 1 saturated heterocycles. The highest BCUT2D eigenvalue weighted by Gasteiger charge is 2.63. The smallest absolute Gasteiger partial charge is 0.268 e. The molecule has 1 unspecified atom stereocenters. The highest BCUT2D eigenvalue weighted by molar-refractivity contribution is 8.02. The van der Waals surface area contributed by atoms with Crippen molar-refractivity contribution in [2.75, 3.05) is 11.4 Å². The summed E-state index contributed by atoms with van der Waals surface area (Å²) in [6.07, 6.45) is 0.353. The lowest BCUT2D eigenvalue weighted by Crippen LogP contribution is -2.50. The maximum absolute atomic E-state index is 13.8. The molecule has 0 aromatic heterocycles. The molecule has 6 heteroatoms. The maximum atomic E-state index is 13.8. The summed E-state index contributed by atoms with van der Waals surface area (Å²) in [5.41, 5.74) is 2.52. The quantitative estimate of drug-likeness (QED) is 0.774. The summed E-state index contributed by atoms with van der Waals surface area (Å²) in [5.74, 6) is -0.429. The Labute approximate surface area is 168 Å². The zero-order chi connectivity index (χ0) is 20.1. The highest BCUT2D eigenvalue weighted by Crippen LogP contribution is 2.59. The molecule has 0 bridgehead atoms. The van der Waals surface area contributed by atoms with Crippen molar-refractivity contribution >= 4 is 29.3 Å². The van der Waals surface area contributed by atoms with Gasteiger partial charge in [0.2, 0.25) is 5.91 Å². The van der Waals surface area contributed by atoms with Crippen LogP contribution in [0.3, 0.4) is 0 Å². The Hall–Kier alpha value is -2.34. The SMILES string of the molecule is CCC(=O)N1CC(C)(C)SC12C(=O)N(Cc1ccc(F)cc1)c1ccccc12. The number of anilines is 1. The lowest BCUT2D eigenvalue weighted by Gasteiger charge is -2.33. The molecule has 4 rings (SSSR count). The van der Waals surface area contributed by atoms with Gasteiger partial charge in [0.05, 0.1) is 12.2 Å². The van der Waals surface area contributed by atoms with Crippen molar-refractivity contribution in [3.05, 3.63) is 65.5 Å². The number of benzene rings is 2. The molecule has 146 valence electrons. The van der Waals surface area contributed by atoms with Crippen LogP contribution in [0.25, 0.3) is 0 Å². The van der Waals surface area contributed by atoms with Crippen LogP contribution in [-0.4, -0.2) is 28.0 Å². The Morgan fingerprint density at radius 3 is 2.50 bits per heavy atom. The van der Waals surface area contributed by atoms with Crippen LogP contribution in [0, 0.1) is 5.82 Å². The molecule has 1 atom stereocenters. The minimum atomic E-state index is -1.03. The lowest BCUT2D eigenvalue weighted by molar-refractivity contribution is -0.140. The normalized spacial score (nSPS) is 22.8. The Morgan fingerprint density at radius 1 is 1.14 bits per heavy atom. The van der Waals surface area contributed by atoms with Crippen molar-refractivity contribution in [3.63, 3.8) is 0 Å². The summed E-state index contributed by atoms with van der Waals surface area (Å²) in [4.78, 5) is 29.1. The van der Waals surface area contributed by atoms with Gasteiger partial charge in [-0.25, -0.2) is 4.39 Å². The summed E-state index contributed by atoms with van der Waals surface area (Å²) in [5, 5.41) is 0. The average molecular weight is 399 g/mol.